The van der Waals surface area contributed by atoms with Crippen molar-refractivity contribution in [1.82, 2.24) is 0 Å². The molecule has 2 N–H and O–H groups in total. The molecule has 0 rings (SSSR count). The zero-order valence-electron chi connectivity index (χ0n) is 12.9. The minimum atomic E-state index is -0.916. The van der Waals surface area contributed by atoms with E-state index in [4.69, 9.17) is 15.2 Å². The number of hydrogen-bond acceptors (Lipinski definition) is 5. The first-order valence-electron chi connectivity index (χ1n) is 6.79. The first kappa shape index (κ1) is 17.9. The Morgan fingerprint density at radius 1 is 1.16 bits per heavy atom. The van der Waals surface area contributed by atoms with Crippen LogP contribution in [0.4, 0.5) is 0 Å². The van der Waals surface area contributed by atoms with Gasteiger partial charge in [0.05, 0.1) is 5.41 Å². The average Bonchev–Trinajstić information content (AvgIpc) is 2.27. The summed E-state index contributed by atoms with van der Waals surface area (Å²) in [7, 11) is 0. The van der Waals surface area contributed by atoms with E-state index in [1.54, 1.807) is 0 Å². The SMILES string of the molecule is CCCC(C)(C)C(=O)OC(C)OC(=O)C(N)C(C)C. The van der Waals surface area contributed by atoms with Crippen LogP contribution in [0, 0.1) is 11.3 Å². The molecule has 0 aliphatic heterocycles. The molecule has 0 aliphatic rings. The summed E-state index contributed by atoms with van der Waals surface area (Å²) in [6, 6.07) is -0.704. The standard InChI is InChI=1S/C14H27NO4/c1-7-8-14(5,6)13(17)19-10(4)18-12(16)11(15)9(2)3/h9-11H,7-8,15H2,1-6H3. The predicted molar refractivity (Wildman–Crippen MR) is 73.1 cm³/mol. The lowest BCUT2D eigenvalue weighted by Gasteiger charge is -2.25. The molecule has 0 aliphatic carbocycles. The van der Waals surface area contributed by atoms with E-state index in [9.17, 15) is 9.59 Å². The molecule has 0 heterocycles. The van der Waals surface area contributed by atoms with Crippen LogP contribution in [0.3, 0.4) is 0 Å². The second kappa shape index (κ2) is 7.48. The van der Waals surface area contributed by atoms with E-state index in [0.29, 0.717) is 0 Å². The first-order chi connectivity index (χ1) is 8.61. The van der Waals surface area contributed by atoms with Crippen LogP contribution in [0.25, 0.3) is 0 Å². The molecule has 0 aromatic rings. The van der Waals surface area contributed by atoms with Gasteiger partial charge in [-0.3, -0.25) is 9.59 Å². The zero-order chi connectivity index (χ0) is 15.2. The van der Waals surface area contributed by atoms with Crippen molar-refractivity contribution < 1.29 is 19.1 Å². The molecule has 0 aromatic carbocycles. The lowest BCUT2D eigenvalue weighted by atomic mass is 9.88. The van der Waals surface area contributed by atoms with Crippen molar-refractivity contribution in [1.29, 1.82) is 0 Å². The molecule has 5 heteroatoms. The van der Waals surface area contributed by atoms with Crippen molar-refractivity contribution in [3.63, 3.8) is 0 Å². The maximum absolute atomic E-state index is 11.9. The van der Waals surface area contributed by atoms with E-state index < -0.39 is 23.7 Å². The van der Waals surface area contributed by atoms with Crippen LogP contribution < -0.4 is 5.73 Å². The van der Waals surface area contributed by atoms with Gasteiger partial charge in [-0.25, -0.2) is 0 Å². The highest BCUT2D eigenvalue weighted by molar-refractivity contribution is 5.77. The number of hydrogen-bond donors (Lipinski definition) is 1. The number of esters is 2. The van der Waals surface area contributed by atoms with Gasteiger partial charge in [0, 0.05) is 6.92 Å². The molecule has 0 radical (unpaired) electrons. The van der Waals surface area contributed by atoms with E-state index >= 15 is 0 Å². The van der Waals surface area contributed by atoms with E-state index in [2.05, 4.69) is 0 Å². The summed E-state index contributed by atoms with van der Waals surface area (Å²) in [5.41, 5.74) is 5.08. The van der Waals surface area contributed by atoms with Crippen LogP contribution in [0.1, 0.15) is 54.4 Å². The van der Waals surface area contributed by atoms with Gasteiger partial charge < -0.3 is 15.2 Å². The molecule has 0 fully saturated rings. The van der Waals surface area contributed by atoms with Crippen molar-refractivity contribution >= 4 is 11.9 Å². The summed E-state index contributed by atoms with van der Waals surface area (Å²) >= 11 is 0. The topological polar surface area (TPSA) is 78.6 Å². The highest BCUT2D eigenvalue weighted by Gasteiger charge is 2.31. The monoisotopic (exact) mass is 273 g/mol. The fourth-order valence-electron chi connectivity index (χ4n) is 1.58. The van der Waals surface area contributed by atoms with Gasteiger partial charge in [-0.1, -0.05) is 27.2 Å². The zero-order valence-corrected chi connectivity index (χ0v) is 12.9. The number of ether oxygens (including phenoxy) is 2. The Hall–Kier alpha value is -1.10. The molecular formula is C14H27NO4. The van der Waals surface area contributed by atoms with E-state index in [-0.39, 0.29) is 11.9 Å². The average molecular weight is 273 g/mol. The second-order valence-electron chi connectivity index (χ2n) is 5.81. The largest absolute Gasteiger partial charge is 0.425 e. The highest BCUT2D eigenvalue weighted by Crippen LogP contribution is 2.24. The molecule has 112 valence electrons. The van der Waals surface area contributed by atoms with Gasteiger partial charge in [-0.05, 0) is 26.2 Å². The van der Waals surface area contributed by atoms with Crippen LogP contribution in [-0.4, -0.2) is 24.3 Å². The maximum Gasteiger partial charge on any atom is 0.326 e. The Balaban J connectivity index is 4.36. The summed E-state index contributed by atoms with van der Waals surface area (Å²) < 4.78 is 10.1. The van der Waals surface area contributed by atoms with Gasteiger partial charge in [-0.2, -0.15) is 0 Å². The van der Waals surface area contributed by atoms with E-state index in [0.717, 1.165) is 12.8 Å². The van der Waals surface area contributed by atoms with Gasteiger partial charge in [-0.15, -0.1) is 0 Å². The molecule has 0 spiro atoms. The predicted octanol–water partition coefficient (Wildman–Crippen LogP) is 2.23. The molecule has 19 heavy (non-hydrogen) atoms. The van der Waals surface area contributed by atoms with Crippen LogP contribution in [0.2, 0.25) is 0 Å². The Kier molecular flexibility index (Phi) is 7.05. The molecule has 2 unspecified atom stereocenters. The summed E-state index contributed by atoms with van der Waals surface area (Å²) in [6.07, 6.45) is 0.688. The van der Waals surface area contributed by atoms with Crippen molar-refractivity contribution in [3.05, 3.63) is 0 Å². The molecule has 2 atom stereocenters. The minimum absolute atomic E-state index is 0.0214. The molecule has 0 saturated carbocycles. The number of rotatable bonds is 7. The second-order valence-corrected chi connectivity index (χ2v) is 5.81. The fourth-order valence-corrected chi connectivity index (χ4v) is 1.58. The van der Waals surface area contributed by atoms with Crippen LogP contribution in [0.5, 0.6) is 0 Å². The summed E-state index contributed by atoms with van der Waals surface area (Å²) in [4.78, 5) is 23.5. The normalized spacial score (nSPS) is 14.9. The minimum Gasteiger partial charge on any atom is -0.425 e. The third-order valence-corrected chi connectivity index (χ3v) is 2.97. The molecule has 0 saturated heterocycles. The third kappa shape index (κ3) is 6.05. The molecular weight excluding hydrogens is 246 g/mol. The number of nitrogens with two attached hydrogens (primary N) is 1. The smallest absolute Gasteiger partial charge is 0.326 e. The van der Waals surface area contributed by atoms with Crippen molar-refractivity contribution in [3.8, 4) is 0 Å². The third-order valence-electron chi connectivity index (χ3n) is 2.97. The van der Waals surface area contributed by atoms with Crippen molar-refractivity contribution in [2.24, 2.45) is 17.1 Å². The van der Waals surface area contributed by atoms with Gasteiger partial charge >= 0.3 is 11.9 Å². The fraction of sp³-hybridized carbons (Fsp3) is 0.857. The van der Waals surface area contributed by atoms with Crippen LogP contribution >= 0.6 is 0 Å². The first-order valence-corrected chi connectivity index (χ1v) is 6.79. The number of carbonyl (C=O) groups is 2. The van der Waals surface area contributed by atoms with Gasteiger partial charge in [0.1, 0.15) is 6.04 Å². The van der Waals surface area contributed by atoms with Gasteiger partial charge in [0.15, 0.2) is 0 Å². The number of carbonyl (C=O) groups excluding carboxylic acids is 2. The van der Waals surface area contributed by atoms with E-state index in [1.807, 2.05) is 34.6 Å². The maximum atomic E-state index is 11.9. The Labute approximate surface area is 115 Å². The molecule has 0 aromatic heterocycles. The lowest BCUT2D eigenvalue weighted by Crippen LogP contribution is -2.40. The van der Waals surface area contributed by atoms with Gasteiger partial charge in [0.2, 0.25) is 6.29 Å². The van der Waals surface area contributed by atoms with Crippen LogP contribution in [0.15, 0.2) is 0 Å². The molecule has 5 nitrogen and oxygen atoms in total. The van der Waals surface area contributed by atoms with Gasteiger partial charge in [0.25, 0.3) is 0 Å². The van der Waals surface area contributed by atoms with Crippen LogP contribution in [-0.2, 0) is 19.1 Å². The summed E-state index contributed by atoms with van der Waals surface area (Å²) in [5.74, 6) is -0.941. The summed E-state index contributed by atoms with van der Waals surface area (Å²) in [5, 5.41) is 0. The summed E-state index contributed by atoms with van der Waals surface area (Å²) in [6.45, 7) is 10.8. The Morgan fingerprint density at radius 2 is 1.68 bits per heavy atom. The molecule has 0 amide bonds. The molecule has 0 bridgehead atoms. The van der Waals surface area contributed by atoms with E-state index in [1.165, 1.54) is 6.92 Å². The Morgan fingerprint density at radius 3 is 2.11 bits per heavy atom. The van der Waals surface area contributed by atoms with Crippen molar-refractivity contribution in [2.45, 2.75) is 66.7 Å². The highest BCUT2D eigenvalue weighted by atomic mass is 16.7. The Bertz CT molecular complexity index is 313. The quantitative estimate of drug-likeness (QED) is 0.568. The lowest BCUT2D eigenvalue weighted by molar-refractivity contribution is -0.192. The van der Waals surface area contributed by atoms with Crippen molar-refractivity contribution in [2.75, 3.05) is 0 Å².